The molecule has 2 aliphatic heterocycles. The number of aliphatic hydroxyl groups is 1. The lowest BCUT2D eigenvalue weighted by Gasteiger charge is -2.35. The Morgan fingerprint density at radius 1 is 1.39 bits per heavy atom. The van der Waals surface area contributed by atoms with Crippen molar-refractivity contribution in [3.05, 3.63) is 59.3 Å². The van der Waals surface area contributed by atoms with Crippen molar-refractivity contribution < 1.29 is 14.6 Å². The summed E-state index contributed by atoms with van der Waals surface area (Å²) in [5, 5.41) is 12.2. The second kappa shape index (κ2) is 9.28. The molecule has 0 aromatic carbocycles. The van der Waals surface area contributed by atoms with Crippen molar-refractivity contribution in [2.24, 2.45) is 5.92 Å². The molecule has 1 amide bonds. The Bertz CT molecular complexity index is 739. The molecule has 0 radical (unpaired) electrons. The van der Waals surface area contributed by atoms with Crippen molar-refractivity contribution in [1.29, 1.82) is 0 Å². The van der Waals surface area contributed by atoms with Crippen LogP contribution in [-0.4, -0.2) is 35.2 Å². The Hall–Kier alpha value is -2.27. The van der Waals surface area contributed by atoms with Crippen molar-refractivity contribution in [3.63, 3.8) is 0 Å². The smallest absolute Gasteiger partial charge is 0.268 e. The first-order valence-electron chi connectivity index (χ1n) is 10.4. The SMILES string of the molecule is C=C1C=C2C(OCC3CCCCC3)=CC=CN2C(C(=O)N[C@H](C)CO)=C1CC. The molecule has 3 rings (SSSR count). The minimum atomic E-state index is -0.313. The van der Waals surface area contributed by atoms with Gasteiger partial charge in [-0.05, 0) is 61.5 Å². The molecule has 1 atom stereocenters. The van der Waals surface area contributed by atoms with Gasteiger partial charge in [0.05, 0.1) is 18.9 Å². The first kappa shape index (κ1) is 20.5. The van der Waals surface area contributed by atoms with Crippen LogP contribution in [0.5, 0.6) is 0 Å². The molecule has 1 aliphatic carbocycles. The van der Waals surface area contributed by atoms with Crippen molar-refractivity contribution in [3.8, 4) is 0 Å². The van der Waals surface area contributed by atoms with Gasteiger partial charge in [0.1, 0.15) is 11.5 Å². The van der Waals surface area contributed by atoms with Crippen molar-refractivity contribution in [2.75, 3.05) is 13.2 Å². The molecule has 5 heteroatoms. The third kappa shape index (κ3) is 4.41. The average molecular weight is 385 g/mol. The van der Waals surface area contributed by atoms with Crippen LogP contribution < -0.4 is 5.32 Å². The summed E-state index contributed by atoms with van der Waals surface area (Å²) in [7, 11) is 0. The van der Waals surface area contributed by atoms with Crippen molar-refractivity contribution >= 4 is 5.91 Å². The summed E-state index contributed by atoms with van der Waals surface area (Å²) in [6, 6.07) is -0.313. The van der Waals surface area contributed by atoms with Crippen molar-refractivity contribution in [1.82, 2.24) is 10.2 Å². The number of fused-ring (bicyclic) bond motifs is 1. The topological polar surface area (TPSA) is 61.8 Å². The number of carbonyl (C=O) groups is 1. The highest BCUT2D eigenvalue weighted by atomic mass is 16.5. The number of amides is 1. The molecule has 28 heavy (non-hydrogen) atoms. The molecule has 2 N–H and O–H groups in total. The molecule has 0 saturated heterocycles. The number of nitrogens with zero attached hydrogens (tertiary/aromatic N) is 1. The fourth-order valence-corrected chi connectivity index (χ4v) is 4.05. The van der Waals surface area contributed by atoms with E-state index in [4.69, 9.17) is 4.74 Å². The lowest BCUT2D eigenvalue weighted by atomic mass is 9.90. The van der Waals surface area contributed by atoms with E-state index in [1.807, 2.05) is 36.3 Å². The molecule has 5 nitrogen and oxygen atoms in total. The van der Waals surface area contributed by atoms with E-state index >= 15 is 0 Å². The van der Waals surface area contributed by atoms with E-state index in [0.717, 1.165) is 22.6 Å². The van der Waals surface area contributed by atoms with E-state index < -0.39 is 0 Å². The Morgan fingerprint density at radius 3 is 2.82 bits per heavy atom. The highest BCUT2D eigenvalue weighted by Crippen LogP contribution is 2.37. The first-order chi connectivity index (χ1) is 13.5. The molecule has 0 unspecified atom stereocenters. The summed E-state index contributed by atoms with van der Waals surface area (Å²) in [4.78, 5) is 14.9. The largest absolute Gasteiger partial charge is 0.491 e. The number of nitrogens with one attached hydrogen (secondary N) is 1. The Morgan fingerprint density at radius 2 is 2.14 bits per heavy atom. The van der Waals surface area contributed by atoms with Gasteiger partial charge in [-0.2, -0.15) is 0 Å². The first-order valence-corrected chi connectivity index (χ1v) is 10.4. The maximum absolute atomic E-state index is 13.0. The van der Waals surface area contributed by atoms with E-state index in [1.54, 1.807) is 6.92 Å². The predicted octanol–water partition coefficient (Wildman–Crippen LogP) is 3.91. The predicted molar refractivity (Wildman–Crippen MR) is 111 cm³/mol. The third-order valence-corrected chi connectivity index (χ3v) is 5.64. The monoisotopic (exact) mass is 384 g/mol. The number of hydrogen-bond acceptors (Lipinski definition) is 4. The summed E-state index contributed by atoms with van der Waals surface area (Å²) in [6.45, 7) is 8.59. The summed E-state index contributed by atoms with van der Waals surface area (Å²) in [6.07, 6.45) is 14.8. The maximum atomic E-state index is 13.0. The van der Waals surface area contributed by atoms with Gasteiger partial charge < -0.3 is 20.1 Å². The maximum Gasteiger partial charge on any atom is 0.268 e. The zero-order valence-corrected chi connectivity index (χ0v) is 17.0. The molecule has 1 saturated carbocycles. The number of ether oxygens (including phenoxy) is 1. The molecule has 0 bridgehead atoms. The fourth-order valence-electron chi connectivity index (χ4n) is 4.05. The number of aliphatic hydroxyl groups excluding tert-OH is 1. The standard InChI is InChI=1S/C23H32N2O3/c1-4-19-16(2)13-20-21(28-15-18-9-6-5-7-10-18)11-8-12-25(20)22(19)23(27)24-17(3)14-26/h8,11-13,17-18,26H,2,4-7,9-10,14-15H2,1,3H3,(H,24,27)/t17-/m1/s1. The van der Waals surface area contributed by atoms with Crippen LogP contribution in [0.25, 0.3) is 0 Å². The Balaban J connectivity index is 1.80. The van der Waals surface area contributed by atoms with Gasteiger partial charge in [0.15, 0.2) is 0 Å². The summed E-state index contributed by atoms with van der Waals surface area (Å²) in [5.41, 5.74) is 3.15. The molecule has 0 spiro atoms. The van der Waals surface area contributed by atoms with Crippen LogP contribution in [0, 0.1) is 5.92 Å². The van der Waals surface area contributed by atoms with Gasteiger partial charge in [0.2, 0.25) is 0 Å². The number of rotatable bonds is 7. The van der Waals surface area contributed by atoms with E-state index in [-0.39, 0.29) is 18.6 Å². The molecule has 152 valence electrons. The van der Waals surface area contributed by atoms with Gasteiger partial charge in [-0.15, -0.1) is 0 Å². The number of hydrogen-bond donors (Lipinski definition) is 2. The lowest BCUT2D eigenvalue weighted by molar-refractivity contribution is -0.119. The highest BCUT2D eigenvalue weighted by molar-refractivity contribution is 5.96. The molecule has 0 aromatic rings. The molecule has 1 fully saturated rings. The van der Waals surface area contributed by atoms with Crippen LogP contribution in [0.2, 0.25) is 0 Å². The van der Waals surface area contributed by atoms with Crippen LogP contribution in [-0.2, 0) is 9.53 Å². The Kier molecular flexibility index (Phi) is 6.79. The number of allylic oxidation sites excluding steroid dienone is 5. The van der Waals surface area contributed by atoms with Crippen LogP contribution in [0.4, 0.5) is 0 Å². The van der Waals surface area contributed by atoms with Crippen molar-refractivity contribution in [2.45, 2.75) is 58.4 Å². The van der Waals surface area contributed by atoms with Gasteiger partial charge >= 0.3 is 0 Å². The Labute approximate surface area is 168 Å². The zero-order chi connectivity index (χ0) is 20.1. The third-order valence-electron chi connectivity index (χ3n) is 5.64. The van der Waals surface area contributed by atoms with E-state index in [0.29, 0.717) is 24.6 Å². The molecular formula is C23H32N2O3. The van der Waals surface area contributed by atoms with Gasteiger partial charge in [-0.3, -0.25) is 4.79 Å². The molecule has 0 aromatic heterocycles. The number of carbonyl (C=O) groups excluding carboxylic acids is 1. The van der Waals surface area contributed by atoms with Crippen LogP contribution in [0.15, 0.2) is 59.3 Å². The summed E-state index contributed by atoms with van der Waals surface area (Å²) in [5.74, 6) is 1.18. The summed E-state index contributed by atoms with van der Waals surface area (Å²) >= 11 is 0. The summed E-state index contributed by atoms with van der Waals surface area (Å²) < 4.78 is 6.20. The minimum absolute atomic E-state index is 0.102. The van der Waals surface area contributed by atoms with Gasteiger partial charge in [0, 0.05) is 12.2 Å². The molecule has 2 heterocycles. The second-order valence-corrected chi connectivity index (χ2v) is 7.85. The van der Waals surface area contributed by atoms with Crippen LogP contribution >= 0.6 is 0 Å². The van der Waals surface area contributed by atoms with E-state index in [2.05, 4.69) is 11.9 Å². The highest BCUT2D eigenvalue weighted by Gasteiger charge is 2.31. The van der Waals surface area contributed by atoms with E-state index in [1.165, 1.54) is 32.1 Å². The molecule has 3 aliphatic rings. The van der Waals surface area contributed by atoms with Gasteiger partial charge in [-0.25, -0.2) is 0 Å². The zero-order valence-electron chi connectivity index (χ0n) is 17.0. The van der Waals surface area contributed by atoms with Gasteiger partial charge in [-0.1, -0.05) is 32.8 Å². The lowest BCUT2D eigenvalue weighted by Crippen LogP contribution is -2.41. The van der Waals surface area contributed by atoms with Gasteiger partial charge in [0.25, 0.3) is 5.91 Å². The van der Waals surface area contributed by atoms with Crippen LogP contribution in [0.3, 0.4) is 0 Å². The average Bonchev–Trinajstić information content (AvgIpc) is 2.71. The second-order valence-electron chi connectivity index (χ2n) is 7.85. The van der Waals surface area contributed by atoms with Crippen LogP contribution in [0.1, 0.15) is 52.4 Å². The quantitative estimate of drug-likeness (QED) is 0.699. The fraction of sp³-hybridized carbons (Fsp3) is 0.522. The van der Waals surface area contributed by atoms with E-state index in [9.17, 15) is 9.90 Å². The molecular weight excluding hydrogens is 352 g/mol. The minimum Gasteiger partial charge on any atom is -0.491 e. The normalized spacial score (nSPS) is 21.1.